The number of aryl methyl sites for hydroxylation is 1. The zero-order valence-corrected chi connectivity index (χ0v) is 20.8. The van der Waals surface area contributed by atoms with Crippen LogP contribution >= 0.6 is 0 Å². The Morgan fingerprint density at radius 2 is 1.68 bits per heavy atom. The van der Waals surface area contributed by atoms with Crippen LogP contribution in [0.4, 0.5) is 11.5 Å². The maximum Gasteiger partial charge on any atom is 0.293 e. The number of nitrogens with zero attached hydrogens (tertiary/aromatic N) is 4. The predicted molar refractivity (Wildman–Crippen MR) is 144 cm³/mol. The average Bonchev–Trinajstić information content (AvgIpc) is 3.41. The standard InChI is InChI=1S/C29H25N5O4/c1-33-18-24(22-8-5-9-23-25(22)38-27(32-23)19-6-3-2-4-7-19)31-26(29(33)36)30-21-12-10-20(11-13-21)28(35)34-14-16-37-17-15-34/h2-13,18H,14-17H2,1H3,(H,30,31). The van der Waals surface area contributed by atoms with Gasteiger partial charge < -0.3 is 23.9 Å². The van der Waals surface area contributed by atoms with E-state index in [1.165, 1.54) is 4.57 Å². The van der Waals surface area contributed by atoms with Gasteiger partial charge in [0.1, 0.15) is 5.52 Å². The van der Waals surface area contributed by atoms with Gasteiger partial charge in [0.2, 0.25) is 5.89 Å². The van der Waals surface area contributed by atoms with Crippen molar-refractivity contribution in [3.8, 4) is 22.7 Å². The maximum atomic E-state index is 12.9. The van der Waals surface area contributed by atoms with Gasteiger partial charge in [-0.1, -0.05) is 24.3 Å². The molecule has 0 unspecified atom stereocenters. The van der Waals surface area contributed by atoms with Gasteiger partial charge in [-0.25, -0.2) is 9.97 Å². The number of aromatic nitrogens is 3. The van der Waals surface area contributed by atoms with Crippen LogP contribution in [0.1, 0.15) is 10.4 Å². The number of morpholine rings is 1. The monoisotopic (exact) mass is 507 g/mol. The molecule has 3 heterocycles. The molecule has 190 valence electrons. The first-order valence-corrected chi connectivity index (χ1v) is 12.3. The van der Waals surface area contributed by atoms with Gasteiger partial charge in [-0.2, -0.15) is 0 Å². The second kappa shape index (κ2) is 9.95. The lowest BCUT2D eigenvalue weighted by molar-refractivity contribution is 0.0303. The second-order valence-corrected chi connectivity index (χ2v) is 9.04. The van der Waals surface area contributed by atoms with Gasteiger partial charge in [0, 0.05) is 48.7 Å². The Bertz CT molecular complexity index is 1670. The predicted octanol–water partition coefficient (Wildman–Crippen LogP) is 4.47. The van der Waals surface area contributed by atoms with E-state index >= 15 is 0 Å². The van der Waals surface area contributed by atoms with Crippen molar-refractivity contribution in [1.82, 2.24) is 19.4 Å². The number of amides is 1. The minimum absolute atomic E-state index is 0.0362. The topological polar surface area (TPSA) is 102 Å². The Hall–Kier alpha value is -4.76. The van der Waals surface area contributed by atoms with E-state index in [2.05, 4.69) is 15.3 Å². The number of carbonyl (C=O) groups is 1. The lowest BCUT2D eigenvalue weighted by atomic mass is 10.1. The molecule has 1 saturated heterocycles. The summed E-state index contributed by atoms with van der Waals surface area (Å²) < 4.78 is 13.0. The SMILES string of the molecule is Cn1cc(-c2cccc3nc(-c4ccccc4)oc23)nc(Nc2ccc(C(=O)N3CCOCC3)cc2)c1=O. The zero-order chi connectivity index (χ0) is 26.1. The van der Waals surface area contributed by atoms with Crippen molar-refractivity contribution < 1.29 is 13.9 Å². The van der Waals surface area contributed by atoms with Crippen molar-refractivity contribution in [2.75, 3.05) is 31.6 Å². The molecule has 1 fully saturated rings. The van der Waals surface area contributed by atoms with Crippen LogP contribution < -0.4 is 10.9 Å². The fourth-order valence-corrected chi connectivity index (χ4v) is 4.45. The Labute approximate surface area is 218 Å². The van der Waals surface area contributed by atoms with Gasteiger partial charge in [-0.15, -0.1) is 0 Å². The number of rotatable bonds is 5. The molecule has 6 rings (SSSR count). The molecule has 5 aromatic rings. The molecule has 0 radical (unpaired) electrons. The Morgan fingerprint density at radius 3 is 2.45 bits per heavy atom. The van der Waals surface area contributed by atoms with Crippen LogP contribution in [-0.4, -0.2) is 51.6 Å². The Morgan fingerprint density at radius 1 is 0.921 bits per heavy atom. The minimum Gasteiger partial charge on any atom is -0.435 e. The normalized spacial score (nSPS) is 13.6. The highest BCUT2D eigenvalue weighted by Crippen LogP contribution is 2.31. The van der Waals surface area contributed by atoms with Gasteiger partial charge in [0.25, 0.3) is 11.5 Å². The van der Waals surface area contributed by atoms with E-state index in [9.17, 15) is 9.59 Å². The lowest BCUT2D eigenvalue weighted by Gasteiger charge is -2.26. The largest absolute Gasteiger partial charge is 0.435 e. The van der Waals surface area contributed by atoms with Gasteiger partial charge in [-0.3, -0.25) is 9.59 Å². The summed E-state index contributed by atoms with van der Waals surface area (Å²) in [6.07, 6.45) is 1.68. The van der Waals surface area contributed by atoms with Crippen LogP contribution in [0.25, 0.3) is 33.8 Å². The number of anilines is 2. The molecular formula is C29H25N5O4. The number of nitrogens with one attached hydrogen (secondary N) is 1. The third kappa shape index (κ3) is 4.55. The molecular weight excluding hydrogens is 482 g/mol. The highest BCUT2D eigenvalue weighted by molar-refractivity contribution is 5.94. The molecule has 1 aliphatic heterocycles. The fraction of sp³-hybridized carbons (Fsp3) is 0.172. The first-order valence-electron chi connectivity index (χ1n) is 12.3. The van der Waals surface area contributed by atoms with Crippen LogP contribution in [0, 0.1) is 0 Å². The number of hydrogen-bond acceptors (Lipinski definition) is 7. The molecule has 0 spiro atoms. The van der Waals surface area contributed by atoms with E-state index in [1.54, 1.807) is 42.4 Å². The van der Waals surface area contributed by atoms with Crippen LogP contribution in [0.3, 0.4) is 0 Å². The molecule has 38 heavy (non-hydrogen) atoms. The third-order valence-electron chi connectivity index (χ3n) is 6.48. The van der Waals surface area contributed by atoms with E-state index in [0.717, 1.165) is 11.1 Å². The average molecular weight is 508 g/mol. The molecule has 0 atom stereocenters. The molecule has 0 saturated carbocycles. The molecule has 0 aliphatic carbocycles. The van der Waals surface area contributed by atoms with Crippen molar-refractivity contribution >= 4 is 28.5 Å². The Balaban J connectivity index is 1.30. The summed E-state index contributed by atoms with van der Waals surface area (Å²) in [5, 5.41) is 3.11. The molecule has 1 aliphatic rings. The quantitative estimate of drug-likeness (QED) is 0.374. The first-order chi connectivity index (χ1) is 18.6. The van der Waals surface area contributed by atoms with Crippen molar-refractivity contribution in [2.24, 2.45) is 7.05 Å². The number of benzene rings is 3. The van der Waals surface area contributed by atoms with E-state index in [0.29, 0.717) is 60.2 Å². The molecule has 0 bridgehead atoms. The second-order valence-electron chi connectivity index (χ2n) is 9.04. The molecule has 1 N–H and O–H groups in total. The molecule has 1 amide bonds. The fourth-order valence-electron chi connectivity index (χ4n) is 4.45. The summed E-state index contributed by atoms with van der Waals surface area (Å²) >= 11 is 0. The van der Waals surface area contributed by atoms with Gasteiger partial charge >= 0.3 is 0 Å². The number of hydrogen-bond donors (Lipinski definition) is 1. The van der Waals surface area contributed by atoms with E-state index in [4.69, 9.17) is 9.15 Å². The van der Waals surface area contributed by atoms with Gasteiger partial charge in [-0.05, 0) is 48.5 Å². The molecule has 9 nitrogen and oxygen atoms in total. The number of carbonyl (C=O) groups excluding carboxylic acids is 1. The van der Waals surface area contributed by atoms with E-state index in [1.807, 2.05) is 48.5 Å². The third-order valence-corrected chi connectivity index (χ3v) is 6.48. The summed E-state index contributed by atoms with van der Waals surface area (Å²) in [4.78, 5) is 36.7. The summed E-state index contributed by atoms with van der Waals surface area (Å²) in [5.74, 6) is 0.644. The van der Waals surface area contributed by atoms with Crippen LogP contribution in [0.2, 0.25) is 0 Å². The maximum absolute atomic E-state index is 12.9. The smallest absolute Gasteiger partial charge is 0.293 e. The molecule has 3 aromatic carbocycles. The van der Waals surface area contributed by atoms with Crippen molar-refractivity contribution in [3.05, 3.63) is 94.9 Å². The minimum atomic E-state index is -0.281. The van der Waals surface area contributed by atoms with Crippen LogP contribution in [-0.2, 0) is 11.8 Å². The van der Waals surface area contributed by atoms with E-state index in [-0.39, 0.29) is 17.3 Å². The molecule has 9 heteroatoms. The summed E-state index contributed by atoms with van der Waals surface area (Å²) in [6.45, 7) is 2.25. The summed E-state index contributed by atoms with van der Waals surface area (Å²) in [7, 11) is 1.68. The highest BCUT2D eigenvalue weighted by Gasteiger charge is 2.19. The van der Waals surface area contributed by atoms with Crippen LogP contribution in [0.5, 0.6) is 0 Å². The Kier molecular flexibility index (Phi) is 6.19. The number of oxazole rings is 1. The van der Waals surface area contributed by atoms with E-state index < -0.39 is 0 Å². The lowest BCUT2D eigenvalue weighted by Crippen LogP contribution is -2.40. The molecule has 2 aromatic heterocycles. The number of para-hydroxylation sites is 1. The van der Waals surface area contributed by atoms with Crippen molar-refractivity contribution in [3.63, 3.8) is 0 Å². The van der Waals surface area contributed by atoms with Gasteiger partial charge in [0.15, 0.2) is 11.4 Å². The highest BCUT2D eigenvalue weighted by atomic mass is 16.5. The van der Waals surface area contributed by atoms with Crippen LogP contribution in [0.15, 0.2) is 88.2 Å². The summed E-state index contributed by atoms with van der Waals surface area (Å²) in [6, 6.07) is 22.4. The number of ether oxygens (including phenoxy) is 1. The number of fused-ring (bicyclic) bond motifs is 1. The summed E-state index contributed by atoms with van der Waals surface area (Å²) in [5.41, 5.74) is 4.41. The van der Waals surface area contributed by atoms with Gasteiger partial charge in [0.05, 0.1) is 18.9 Å². The zero-order valence-electron chi connectivity index (χ0n) is 20.8. The van der Waals surface area contributed by atoms with Crippen molar-refractivity contribution in [1.29, 1.82) is 0 Å². The van der Waals surface area contributed by atoms with Crippen molar-refractivity contribution in [2.45, 2.75) is 0 Å². The first kappa shape index (κ1) is 23.6.